The Morgan fingerprint density at radius 3 is 2.50 bits per heavy atom. The summed E-state index contributed by atoms with van der Waals surface area (Å²) in [6.45, 7) is 1.29. The maximum Gasteiger partial charge on any atom is 0.434 e. The molecule has 1 amide bonds. The van der Waals surface area contributed by atoms with E-state index in [1.807, 2.05) is 0 Å². The first-order valence-corrected chi connectivity index (χ1v) is 8.13. The highest BCUT2D eigenvalue weighted by atomic mass is 19.4. The molecule has 3 rings (SSSR count). The van der Waals surface area contributed by atoms with Crippen LogP contribution in [-0.4, -0.2) is 62.1 Å². The van der Waals surface area contributed by atoms with Gasteiger partial charge in [-0.2, -0.15) is 18.3 Å². The Morgan fingerprint density at radius 2 is 2.00 bits per heavy atom. The molecule has 2 aromatic rings. The summed E-state index contributed by atoms with van der Waals surface area (Å²) in [6.07, 6.45) is -3.96. The number of halogens is 3. The summed E-state index contributed by atoms with van der Waals surface area (Å²) in [4.78, 5) is 25.1. The van der Waals surface area contributed by atoms with Crippen LogP contribution < -0.4 is 4.74 Å². The van der Waals surface area contributed by atoms with Gasteiger partial charge in [0, 0.05) is 19.2 Å². The van der Waals surface area contributed by atoms with Gasteiger partial charge >= 0.3 is 12.1 Å². The fraction of sp³-hybridized carbons (Fsp3) is 0.438. The van der Waals surface area contributed by atoms with Crippen LogP contribution in [0.4, 0.5) is 13.2 Å². The predicted molar refractivity (Wildman–Crippen MR) is 87.0 cm³/mol. The van der Waals surface area contributed by atoms with Gasteiger partial charge in [-0.15, -0.1) is 10.2 Å². The number of amides is 1. The first-order chi connectivity index (χ1) is 13.1. The van der Waals surface area contributed by atoms with Crippen LogP contribution in [0.2, 0.25) is 0 Å². The van der Waals surface area contributed by atoms with Gasteiger partial charge in [-0.3, -0.25) is 9.59 Å². The number of aromatic nitrogens is 4. The summed E-state index contributed by atoms with van der Waals surface area (Å²) >= 11 is 0. The van der Waals surface area contributed by atoms with Crippen molar-refractivity contribution in [2.75, 3.05) is 20.2 Å². The van der Waals surface area contributed by atoms with E-state index in [4.69, 9.17) is 4.74 Å². The monoisotopic (exact) mass is 399 g/mol. The molecule has 28 heavy (non-hydrogen) atoms. The van der Waals surface area contributed by atoms with Gasteiger partial charge in [-0.1, -0.05) is 0 Å². The highest BCUT2D eigenvalue weighted by Gasteiger charge is 2.46. The third-order valence-corrected chi connectivity index (χ3v) is 4.60. The van der Waals surface area contributed by atoms with Gasteiger partial charge < -0.3 is 14.7 Å². The largest absolute Gasteiger partial charge is 0.481 e. The zero-order valence-electron chi connectivity index (χ0n) is 14.9. The van der Waals surface area contributed by atoms with Crippen LogP contribution in [0.25, 0.3) is 5.82 Å². The number of methoxy groups -OCH3 is 1. The Morgan fingerprint density at radius 1 is 1.29 bits per heavy atom. The molecule has 1 N–H and O–H groups in total. The Kier molecular flexibility index (Phi) is 4.73. The zero-order chi connectivity index (χ0) is 20.7. The van der Waals surface area contributed by atoms with Crippen LogP contribution in [0, 0.1) is 5.41 Å². The van der Waals surface area contributed by atoms with E-state index < -0.39 is 34.7 Å². The van der Waals surface area contributed by atoms with Crippen molar-refractivity contribution in [3.05, 3.63) is 29.6 Å². The Hall–Kier alpha value is -3.18. The zero-order valence-corrected chi connectivity index (χ0v) is 14.9. The molecule has 1 aliphatic heterocycles. The lowest BCUT2D eigenvalue weighted by Gasteiger charge is -2.20. The molecule has 1 unspecified atom stereocenters. The minimum absolute atomic E-state index is 0.0342. The molecule has 2 aromatic heterocycles. The number of carbonyl (C=O) groups excluding carboxylic acids is 1. The summed E-state index contributed by atoms with van der Waals surface area (Å²) in [5.41, 5.74) is -3.19. The highest BCUT2D eigenvalue weighted by molar-refractivity contribution is 5.96. The third kappa shape index (κ3) is 3.37. The minimum atomic E-state index is -4.90. The molecule has 1 fully saturated rings. The summed E-state index contributed by atoms with van der Waals surface area (Å²) in [5.74, 6) is -2.19. The first kappa shape index (κ1) is 19.6. The van der Waals surface area contributed by atoms with Crippen molar-refractivity contribution in [1.82, 2.24) is 24.9 Å². The number of carboxylic acid groups (broad SMARTS) is 1. The van der Waals surface area contributed by atoms with Crippen molar-refractivity contribution in [1.29, 1.82) is 0 Å². The first-order valence-electron chi connectivity index (χ1n) is 8.13. The van der Waals surface area contributed by atoms with Crippen molar-refractivity contribution >= 4 is 11.9 Å². The fourth-order valence-electron chi connectivity index (χ4n) is 2.97. The number of carbonyl (C=O) groups is 2. The Balaban J connectivity index is 1.99. The van der Waals surface area contributed by atoms with Crippen LogP contribution in [0.1, 0.15) is 29.4 Å². The molecule has 0 aliphatic carbocycles. The molecule has 0 spiro atoms. The van der Waals surface area contributed by atoms with E-state index in [1.54, 1.807) is 0 Å². The van der Waals surface area contributed by atoms with Gasteiger partial charge in [-0.05, 0) is 19.4 Å². The van der Waals surface area contributed by atoms with E-state index in [0.717, 1.165) is 11.1 Å². The average Bonchev–Trinajstić information content (AvgIpc) is 3.26. The molecule has 1 aliphatic rings. The van der Waals surface area contributed by atoms with Crippen molar-refractivity contribution in [2.45, 2.75) is 19.5 Å². The highest BCUT2D eigenvalue weighted by Crippen LogP contribution is 2.36. The number of likely N-dealkylation sites (tertiary alicyclic amines) is 1. The van der Waals surface area contributed by atoms with Crippen molar-refractivity contribution < 1.29 is 32.6 Å². The van der Waals surface area contributed by atoms with Crippen molar-refractivity contribution in [3.63, 3.8) is 0 Å². The molecule has 1 saturated heterocycles. The van der Waals surface area contributed by atoms with E-state index in [1.165, 1.54) is 26.2 Å². The fourth-order valence-corrected chi connectivity index (χ4v) is 2.97. The van der Waals surface area contributed by atoms with Gasteiger partial charge in [-0.25, -0.2) is 4.68 Å². The molecular formula is C16H16F3N5O4. The smallest absolute Gasteiger partial charge is 0.434 e. The van der Waals surface area contributed by atoms with Crippen LogP contribution in [0.3, 0.4) is 0 Å². The number of nitrogens with zero attached hydrogens (tertiary/aromatic N) is 5. The van der Waals surface area contributed by atoms with Gasteiger partial charge in [0.2, 0.25) is 5.88 Å². The summed E-state index contributed by atoms with van der Waals surface area (Å²) in [6, 6.07) is 2.53. The maximum atomic E-state index is 13.7. The van der Waals surface area contributed by atoms with Crippen LogP contribution in [-0.2, 0) is 11.0 Å². The van der Waals surface area contributed by atoms with E-state index in [9.17, 15) is 27.9 Å². The summed E-state index contributed by atoms with van der Waals surface area (Å²) in [7, 11) is 1.33. The molecule has 12 heteroatoms. The van der Waals surface area contributed by atoms with Crippen LogP contribution >= 0.6 is 0 Å². The molecule has 150 valence electrons. The van der Waals surface area contributed by atoms with Gasteiger partial charge in [0.05, 0.1) is 24.3 Å². The van der Waals surface area contributed by atoms with Crippen LogP contribution in [0.5, 0.6) is 5.88 Å². The molecule has 0 radical (unpaired) electrons. The second kappa shape index (κ2) is 6.77. The molecule has 0 saturated carbocycles. The summed E-state index contributed by atoms with van der Waals surface area (Å²) in [5, 5.41) is 20.2. The number of hydrogen-bond acceptors (Lipinski definition) is 6. The van der Waals surface area contributed by atoms with E-state index in [0.29, 0.717) is 4.68 Å². The lowest BCUT2D eigenvalue weighted by atomic mass is 9.90. The lowest BCUT2D eigenvalue weighted by molar-refractivity contribution is -0.147. The second-order valence-corrected chi connectivity index (χ2v) is 6.59. The number of ether oxygens (including phenoxy) is 1. The van der Waals surface area contributed by atoms with Crippen LogP contribution in [0.15, 0.2) is 18.3 Å². The molecule has 3 heterocycles. The number of carboxylic acids is 1. The molecule has 0 aromatic carbocycles. The van der Waals surface area contributed by atoms with E-state index >= 15 is 0 Å². The SMILES string of the molecule is COc1ccc(-n2ncc(C(=O)N3CCC(C)(C(=O)O)C3)c2C(F)(F)F)nn1. The van der Waals surface area contributed by atoms with E-state index in [2.05, 4.69) is 15.3 Å². The number of aliphatic carboxylic acids is 1. The lowest BCUT2D eigenvalue weighted by Crippen LogP contribution is -2.35. The minimum Gasteiger partial charge on any atom is -0.481 e. The Bertz CT molecular complexity index is 912. The molecule has 1 atom stereocenters. The topological polar surface area (TPSA) is 110 Å². The number of hydrogen-bond donors (Lipinski definition) is 1. The van der Waals surface area contributed by atoms with E-state index in [-0.39, 0.29) is 31.2 Å². The predicted octanol–water partition coefficient (Wildman–Crippen LogP) is 1.63. The van der Waals surface area contributed by atoms with Gasteiger partial charge in [0.25, 0.3) is 5.91 Å². The van der Waals surface area contributed by atoms with Gasteiger partial charge in [0.15, 0.2) is 11.5 Å². The van der Waals surface area contributed by atoms with Crippen molar-refractivity contribution in [2.24, 2.45) is 5.41 Å². The third-order valence-electron chi connectivity index (χ3n) is 4.60. The molecule has 9 nitrogen and oxygen atoms in total. The number of rotatable bonds is 4. The standard InChI is InChI=1S/C16H16F3N5O4/c1-15(14(26)27)5-6-23(8-15)13(25)9-7-20-24(12(9)16(17,18)19)10-3-4-11(28-2)22-21-10/h3-4,7H,5-6,8H2,1-2H3,(H,26,27). The summed E-state index contributed by atoms with van der Waals surface area (Å²) < 4.78 is 46.4. The van der Waals surface area contributed by atoms with Crippen molar-refractivity contribution in [3.8, 4) is 11.7 Å². The maximum absolute atomic E-state index is 13.7. The number of alkyl halides is 3. The molecular weight excluding hydrogens is 383 g/mol. The normalized spacial score (nSPS) is 19.7. The second-order valence-electron chi connectivity index (χ2n) is 6.59. The molecule has 0 bridgehead atoms. The average molecular weight is 399 g/mol. The Labute approximate surface area is 156 Å². The quantitative estimate of drug-likeness (QED) is 0.832. The van der Waals surface area contributed by atoms with Gasteiger partial charge in [0.1, 0.15) is 0 Å².